The van der Waals surface area contributed by atoms with Crippen molar-refractivity contribution < 1.29 is 4.74 Å². The topological polar surface area (TPSA) is 78.0 Å². The third-order valence-electron chi connectivity index (χ3n) is 2.83. The number of aromatic nitrogens is 3. The lowest BCUT2D eigenvalue weighted by Crippen LogP contribution is -2.30. The van der Waals surface area contributed by atoms with E-state index >= 15 is 0 Å². The van der Waals surface area contributed by atoms with Gasteiger partial charge >= 0.3 is 0 Å². The highest BCUT2D eigenvalue weighted by Crippen LogP contribution is 2.29. The first kappa shape index (κ1) is 14.0. The zero-order valence-electron chi connectivity index (χ0n) is 10.8. The minimum atomic E-state index is -0.0934. The SMILES string of the molecule is COc1ccc(Br)cc1C(Cc1cn(C)nn1)NN. The van der Waals surface area contributed by atoms with Crippen LogP contribution in [0.5, 0.6) is 5.75 Å². The first-order valence-corrected chi connectivity index (χ1v) is 6.58. The number of nitrogens with two attached hydrogens (primary N) is 1. The molecule has 1 atom stereocenters. The van der Waals surface area contributed by atoms with Crippen molar-refractivity contribution in [3.05, 3.63) is 40.1 Å². The Morgan fingerprint density at radius 1 is 1.53 bits per heavy atom. The van der Waals surface area contributed by atoms with Gasteiger partial charge in [-0.1, -0.05) is 21.1 Å². The first-order valence-electron chi connectivity index (χ1n) is 5.78. The molecule has 1 aromatic carbocycles. The van der Waals surface area contributed by atoms with Gasteiger partial charge in [0.05, 0.1) is 18.8 Å². The predicted octanol–water partition coefficient (Wildman–Crippen LogP) is 1.33. The Bertz CT molecular complexity index is 557. The summed E-state index contributed by atoms with van der Waals surface area (Å²) in [6.07, 6.45) is 2.51. The molecule has 6 nitrogen and oxygen atoms in total. The summed E-state index contributed by atoms with van der Waals surface area (Å²) in [6.45, 7) is 0. The molecule has 1 unspecified atom stereocenters. The summed E-state index contributed by atoms with van der Waals surface area (Å²) in [4.78, 5) is 0. The predicted molar refractivity (Wildman–Crippen MR) is 75.5 cm³/mol. The van der Waals surface area contributed by atoms with E-state index in [1.54, 1.807) is 11.8 Å². The Morgan fingerprint density at radius 3 is 2.89 bits per heavy atom. The average molecular weight is 326 g/mol. The summed E-state index contributed by atoms with van der Waals surface area (Å²) in [5, 5.41) is 7.99. The van der Waals surface area contributed by atoms with E-state index in [1.165, 1.54) is 0 Å². The summed E-state index contributed by atoms with van der Waals surface area (Å²) in [5.74, 6) is 6.44. The Labute approximate surface area is 120 Å². The van der Waals surface area contributed by atoms with Crippen LogP contribution in [0.15, 0.2) is 28.9 Å². The van der Waals surface area contributed by atoms with Crippen molar-refractivity contribution in [2.75, 3.05) is 7.11 Å². The van der Waals surface area contributed by atoms with E-state index in [2.05, 4.69) is 31.7 Å². The standard InChI is InChI=1S/C12H16BrN5O/c1-18-7-9(16-17-18)6-11(15-14)10-5-8(13)3-4-12(10)19-2/h3-5,7,11,15H,6,14H2,1-2H3. The molecule has 102 valence electrons. The van der Waals surface area contributed by atoms with E-state index in [0.29, 0.717) is 6.42 Å². The highest BCUT2D eigenvalue weighted by Gasteiger charge is 2.17. The maximum Gasteiger partial charge on any atom is 0.123 e. The molecule has 1 aromatic heterocycles. The molecule has 0 spiro atoms. The molecule has 0 aliphatic heterocycles. The Kier molecular flexibility index (Phi) is 4.52. The second-order valence-corrected chi connectivity index (χ2v) is 5.11. The third kappa shape index (κ3) is 3.31. The van der Waals surface area contributed by atoms with Crippen molar-refractivity contribution in [1.29, 1.82) is 0 Å². The van der Waals surface area contributed by atoms with Crippen molar-refractivity contribution in [3.63, 3.8) is 0 Å². The van der Waals surface area contributed by atoms with E-state index in [-0.39, 0.29) is 6.04 Å². The van der Waals surface area contributed by atoms with Crippen molar-refractivity contribution >= 4 is 15.9 Å². The molecule has 1 heterocycles. The van der Waals surface area contributed by atoms with Gasteiger partial charge in [0.15, 0.2) is 0 Å². The van der Waals surface area contributed by atoms with Gasteiger partial charge in [-0.15, -0.1) is 5.10 Å². The minimum absolute atomic E-state index is 0.0934. The van der Waals surface area contributed by atoms with Crippen LogP contribution < -0.4 is 16.0 Å². The molecule has 0 aliphatic rings. The van der Waals surface area contributed by atoms with Gasteiger partial charge in [-0.05, 0) is 18.2 Å². The lowest BCUT2D eigenvalue weighted by molar-refractivity contribution is 0.398. The first-order chi connectivity index (χ1) is 9.13. The van der Waals surface area contributed by atoms with Crippen LogP contribution in [0.25, 0.3) is 0 Å². The summed E-state index contributed by atoms with van der Waals surface area (Å²) < 4.78 is 8.01. The number of hydrogen-bond acceptors (Lipinski definition) is 5. The molecule has 0 fully saturated rings. The molecule has 0 amide bonds. The molecular weight excluding hydrogens is 310 g/mol. The molecular formula is C12H16BrN5O. The van der Waals surface area contributed by atoms with Crippen molar-refractivity contribution in [2.24, 2.45) is 12.9 Å². The molecule has 19 heavy (non-hydrogen) atoms. The van der Waals surface area contributed by atoms with Gasteiger partial charge in [-0.3, -0.25) is 16.0 Å². The molecule has 0 bridgehead atoms. The molecule has 0 radical (unpaired) electrons. The number of methoxy groups -OCH3 is 1. The number of nitrogens with zero attached hydrogens (tertiary/aromatic N) is 3. The largest absolute Gasteiger partial charge is 0.496 e. The number of hydrazine groups is 1. The van der Waals surface area contributed by atoms with E-state index in [9.17, 15) is 0 Å². The number of benzene rings is 1. The monoisotopic (exact) mass is 325 g/mol. The zero-order chi connectivity index (χ0) is 13.8. The number of halogens is 1. The number of aryl methyl sites for hydroxylation is 1. The van der Waals surface area contributed by atoms with Crippen molar-refractivity contribution in [3.8, 4) is 5.75 Å². The normalized spacial score (nSPS) is 12.4. The molecule has 2 rings (SSSR count). The van der Waals surface area contributed by atoms with Crippen molar-refractivity contribution in [1.82, 2.24) is 20.4 Å². The van der Waals surface area contributed by atoms with E-state index in [4.69, 9.17) is 10.6 Å². The minimum Gasteiger partial charge on any atom is -0.496 e. The second-order valence-electron chi connectivity index (χ2n) is 4.19. The van der Waals surface area contributed by atoms with E-state index in [1.807, 2.05) is 31.4 Å². The van der Waals surface area contributed by atoms with E-state index in [0.717, 1.165) is 21.5 Å². The smallest absolute Gasteiger partial charge is 0.123 e. The lowest BCUT2D eigenvalue weighted by Gasteiger charge is -2.18. The maximum atomic E-state index is 5.66. The van der Waals surface area contributed by atoms with Crippen LogP contribution >= 0.6 is 15.9 Å². The van der Waals surface area contributed by atoms with Gasteiger partial charge < -0.3 is 4.74 Å². The van der Waals surface area contributed by atoms with Gasteiger partial charge in [0, 0.05) is 29.7 Å². The number of hydrogen-bond donors (Lipinski definition) is 2. The fourth-order valence-corrected chi connectivity index (χ4v) is 2.31. The van der Waals surface area contributed by atoms with Crippen LogP contribution in [0, 0.1) is 0 Å². The van der Waals surface area contributed by atoms with Crippen LogP contribution in [0.4, 0.5) is 0 Å². The summed E-state index contributed by atoms with van der Waals surface area (Å²) in [6, 6.07) is 5.72. The van der Waals surface area contributed by atoms with Crippen LogP contribution in [0.2, 0.25) is 0 Å². The fourth-order valence-electron chi connectivity index (χ4n) is 1.93. The quantitative estimate of drug-likeness (QED) is 0.640. The second kappa shape index (κ2) is 6.14. The maximum absolute atomic E-state index is 5.66. The lowest BCUT2D eigenvalue weighted by atomic mass is 10.0. The Balaban J connectivity index is 2.28. The molecule has 2 aromatic rings. The van der Waals surface area contributed by atoms with Gasteiger partial charge in [0.25, 0.3) is 0 Å². The molecule has 7 heteroatoms. The van der Waals surface area contributed by atoms with Crippen LogP contribution in [-0.2, 0) is 13.5 Å². The Morgan fingerprint density at radius 2 is 2.32 bits per heavy atom. The van der Waals surface area contributed by atoms with Crippen LogP contribution in [-0.4, -0.2) is 22.1 Å². The number of nitrogens with one attached hydrogen (secondary N) is 1. The summed E-state index contributed by atoms with van der Waals surface area (Å²) in [5.41, 5.74) is 4.65. The number of rotatable bonds is 5. The number of ether oxygens (including phenoxy) is 1. The van der Waals surface area contributed by atoms with E-state index < -0.39 is 0 Å². The zero-order valence-corrected chi connectivity index (χ0v) is 12.4. The molecule has 0 aliphatic carbocycles. The summed E-state index contributed by atoms with van der Waals surface area (Å²) >= 11 is 3.46. The average Bonchev–Trinajstić information content (AvgIpc) is 2.81. The van der Waals surface area contributed by atoms with Crippen LogP contribution in [0.3, 0.4) is 0 Å². The van der Waals surface area contributed by atoms with Gasteiger partial charge in [-0.25, -0.2) is 0 Å². The molecule has 0 saturated heterocycles. The highest BCUT2D eigenvalue weighted by atomic mass is 79.9. The Hall–Kier alpha value is -1.44. The third-order valence-corrected chi connectivity index (χ3v) is 3.32. The van der Waals surface area contributed by atoms with Crippen molar-refractivity contribution in [2.45, 2.75) is 12.5 Å². The molecule has 0 saturated carbocycles. The van der Waals surface area contributed by atoms with Gasteiger partial charge in [-0.2, -0.15) is 0 Å². The fraction of sp³-hybridized carbons (Fsp3) is 0.333. The molecule has 3 N–H and O–H groups in total. The van der Waals surface area contributed by atoms with Gasteiger partial charge in [0.1, 0.15) is 5.75 Å². The highest BCUT2D eigenvalue weighted by molar-refractivity contribution is 9.10. The summed E-state index contributed by atoms with van der Waals surface area (Å²) in [7, 11) is 3.48. The van der Waals surface area contributed by atoms with Crippen LogP contribution in [0.1, 0.15) is 17.3 Å². The van der Waals surface area contributed by atoms with Gasteiger partial charge in [0.2, 0.25) is 0 Å².